The zero-order valence-electron chi connectivity index (χ0n) is 13.6. The molecule has 2 aromatic carbocycles. The van der Waals surface area contributed by atoms with E-state index in [1.807, 2.05) is 0 Å². The number of ketones is 2. The zero-order valence-corrected chi connectivity index (χ0v) is 14.5. The van der Waals surface area contributed by atoms with E-state index in [2.05, 4.69) is 0 Å². The molecule has 0 unspecified atom stereocenters. The van der Waals surface area contributed by atoms with Gasteiger partial charge >= 0.3 is 6.18 Å². The van der Waals surface area contributed by atoms with E-state index in [0.29, 0.717) is 17.9 Å². The second-order valence-corrected chi connectivity index (χ2v) is 6.88. The summed E-state index contributed by atoms with van der Waals surface area (Å²) in [4.78, 5) is 25.4. The van der Waals surface area contributed by atoms with Crippen LogP contribution in [0.1, 0.15) is 39.1 Å². The topological polar surface area (TPSA) is 43.4 Å². The van der Waals surface area contributed by atoms with Gasteiger partial charge in [0.25, 0.3) is 0 Å². The molecule has 1 aliphatic rings. The minimum atomic E-state index is -4.61. The van der Waals surface area contributed by atoms with Gasteiger partial charge in [-0.15, -0.1) is 11.8 Å². The Morgan fingerprint density at radius 2 is 1.77 bits per heavy atom. The second-order valence-electron chi connectivity index (χ2n) is 5.75. The van der Waals surface area contributed by atoms with Crippen LogP contribution in [0.2, 0.25) is 0 Å². The maximum Gasteiger partial charge on any atom is 0.417 e. The van der Waals surface area contributed by atoms with Crippen molar-refractivity contribution in [3.63, 3.8) is 0 Å². The summed E-state index contributed by atoms with van der Waals surface area (Å²) in [5, 5.41) is 0. The molecule has 3 nitrogen and oxygen atoms in total. The summed E-state index contributed by atoms with van der Waals surface area (Å²) in [6, 6.07) is 9.65. The van der Waals surface area contributed by atoms with E-state index in [-0.39, 0.29) is 18.6 Å². The summed E-state index contributed by atoms with van der Waals surface area (Å²) in [7, 11) is 0. The van der Waals surface area contributed by atoms with Crippen LogP contribution in [-0.4, -0.2) is 23.9 Å². The number of rotatable bonds is 5. The fraction of sp³-hybridized carbons (Fsp3) is 0.263. The summed E-state index contributed by atoms with van der Waals surface area (Å²) in [5.74, 6) is 0.531. The first-order valence-electron chi connectivity index (χ1n) is 7.98. The normalized spacial score (nSPS) is 13.7. The molecular formula is C19H15F3O3S. The van der Waals surface area contributed by atoms with Gasteiger partial charge < -0.3 is 4.74 Å². The third-order valence-electron chi connectivity index (χ3n) is 3.98. The van der Waals surface area contributed by atoms with Crippen LogP contribution in [0.3, 0.4) is 0 Å². The first kappa shape index (κ1) is 18.5. The van der Waals surface area contributed by atoms with Crippen molar-refractivity contribution in [1.29, 1.82) is 0 Å². The van der Waals surface area contributed by atoms with Gasteiger partial charge in [0.15, 0.2) is 11.6 Å². The van der Waals surface area contributed by atoms with E-state index in [9.17, 15) is 22.8 Å². The van der Waals surface area contributed by atoms with Crippen LogP contribution < -0.4 is 4.74 Å². The Labute approximate surface area is 152 Å². The van der Waals surface area contributed by atoms with E-state index in [4.69, 9.17) is 4.74 Å². The van der Waals surface area contributed by atoms with Crippen molar-refractivity contribution >= 4 is 23.3 Å². The quantitative estimate of drug-likeness (QED) is 0.682. The predicted molar refractivity (Wildman–Crippen MR) is 92.0 cm³/mol. The maximum absolute atomic E-state index is 13.0. The van der Waals surface area contributed by atoms with Gasteiger partial charge in [0.1, 0.15) is 5.75 Å². The van der Waals surface area contributed by atoms with Crippen LogP contribution in [-0.2, 0) is 6.18 Å². The van der Waals surface area contributed by atoms with E-state index >= 15 is 0 Å². The highest BCUT2D eigenvalue weighted by Gasteiger charge is 2.34. The fourth-order valence-corrected chi connectivity index (χ4v) is 3.56. The van der Waals surface area contributed by atoms with E-state index in [1.54, 1.807) is 30.0 Å². The van der Waals surface area contributed by atoms with Crippen LogP contribution in [0, 0.1) is 0 Å². The molecule has 0 bridgehead atoms. The Morgan fingerprint density at radius 1 is 1.04 bits per heavy atom. The minimum Gasteiger partial charge on any atom is -0.492 e. The fourth-order valence-electron chi connectivity index (χ4n) is 2.70. The lowest BCUT2D eigenvalue weighted by Gasteiger charge is -2.17. The maximum atomic E-state index is 13.0. The van der Waals surface area contributed by atoms with Crippen molar-refractivity contribution < 1.29 is 27.5 Å². The van der Waals surface area contributed by atoms with Crippen LogP contribution in [0.4, 0.5) is 13.2 Å². The number of Topliss-reactive ketones (excluding diaryl/α,β-unsaturated/α-hetero) is 2. The number of carbonyl (C=O) groups excluding carboxylic acids is 2. The lowest BCUT2D eigenvalue weighted by Crippen LogP contribution is -2.14. The molecule has 0 atom stereocenters. The molecule has 26 heavy (non-hydrogen) atoms. The average Bonchev–Trinajstić information content (AvgIpc) is 2.64. The highest BCUT2D eigenvalue weighted by Crippen LogP contribution is 2.34. The summed E-state index contributed by atoms with van der Waals surface area (Å²) in [5.41, 5.74) is -0.944. The molecular weight excluding hydrogens is 365 g/mol. The van der Waals surface area contributed by atoms with E-state index < -0.39 is 23.1 Å². The zero-order chi connectivity index (χ0) is 18.7. The number of hydrogen-bond acceptors (Lipinski definition) is 4. The molecule has 1 aliphatic heterocycles. The number of fused-ring (bicyclic) bond motifs is 1. The Hall–Kier alpha value is -2.28. The molecule has 2 aromatic rings. The molecule has 0 fully saturated rings. The minimum absolute atomic E-state index is 0.144. The molecule has 0 aliphatic carbocycles. The number of ether oxygens (including phenoxy) is 1. The van der Waals surface area contributed by atoms with Gasteiger partial charge in [0, 0.05) is 29.7 Å². The Kier molecular flexibility index (Phi) is 5.36. The predicted octanol–water partition coefficient (Wildman–Crippen LogP) is 5.04. The molecule has 0 N–H and O–H groups in total. The summed E-state index contributed by atoms with van der Waals surface area (Å²) in [6.07, 6.45) is -5.02. The van der Waals surface area contributed by atoms with E-state index in [0.717, 1.165) is 22.8 Å². The van der Waals surface area contributed by atoms with Crippen molar-refractivity contribution in [3.05, 3.63) is 59.2 Å². The molecule has 0 radical (unpaired) electrons. The van der Waals surface area contributed by atoms with Crippen molar-refractivity contribution in [2.24, 2.45) is 0 Å². The van der Waals surface area contributed by atoms with Gasteiger partial charge in [0.2, 0.25) is 0 Å². The molecule has 7 heteroatoms. The highest BCUT2D eigenvalue weighted by atomic mass is 32.2. The molecule has 1 heterocycles. The monoisotopic (exact) mass is 380 g/mol. The molecule has 0 aromatic heterocycles. The van der Waals surface area contributed by atoms with Gasteiger partial charge in [-0.25, -0.2) is 0 Å². The van der Waals surface area contributed by atoms with Crippen molar-refractivity contribution in [2.75, 3.05) is 12.4 Å². The lowest BCUT2D eigenvalue weighted by atomic mass is 9.98. The summed E-state index contributed by atoms with van der Waals surface area (Å²) < 4.78 is 44.5. The van der Waals surface area contributed by atoms with Gasteiger partial charge in [-0.2, -0.15) is 13.2 Å². The Bertz CT molecular complexity index is 846. The van der Waals surface area contributed by atoms with Crippen molar-refractivity contribution in [2.45, 2.75) is 23.9 Å². The molecule has 3 rings (SSSR count). The largest absolute Gasteiger partial charge is 0.492 e. The number of alkyl halides is 3. The molecule has 0 spiro atoms. The Morgan fingerprint density at radius 3 is 2.54 bits per heavy atom. The van der Waals surface area contributed by atoms with Crippen molar-refractivity contribution in [3.8, 4) is 5.75 Å². The standard InChI is InChI=1S/C19H15F3O3S/c20-19(21,22)14-4-2-1-3-13(14)16(24)7-6-15(23)12-5-8-17-18(11-12)26-10-9-25-17/h1-5,8,11H,6-7,9-10H2. The van der Waals surface area contributed by atoms with Gasteiger partial charge in [-0.3, -0.25) is 9.59 Å². The van der Waals surface area contributed by atoms with E-state index in [1.165, 1.54) is 12.1 Å². The van der Waals surface area contributed by atoms with Gasteiger partial charge in [-0.05, 0) is 24.3 Å². The molecule has 0 saturated heterocycles. The summed E-state index contributed by atoms with van der Waals surface area (Å²) in [6.45, 7) is 0.609. The van der Waals surface area contributed by atoms with Crippen LogP contribution >= 0.6 is 11.8 Å². The number of carbonyl (C=O) groups is 2. The van der Waals surface area contributed by atoms with Crippen LogP contribution in [0.25, 0.3) is 0 Å². The first-order valence-corrected chi connectivity index (χ1v) is 8.97. The van der Waals surface area contributed by atoms with Crippen LogP contribution in [0.15, 0.2) is 47.4 Å². The number of halogens is 3. The number of benzene rings is 2. The average molecular weight is 380 g/mol. The Balaban J connectivity index is 1.70. The van der Waals surface area contributed by atoms with Gasteiger partial charge in [-0.1, -0.05) is 18.2 Å². The molecule has 0 saturated carbocycles. The van der Waals surface area contributed by atoms with Crippen LogP contribution in [0.5, 0.6) is 5.75 Å². The van der Waals surface area contributed by atoms with Crippen molar-refractivity contribution in [1.82, 2.24) is 0 Å². The summed E-state index contributed by atoms with van der Waals surface area (Å²) >= 11 is 1.58. The first-order chi connectivity index (χ1) is 12.4. The highest BCUT2D eigenvalue weighted by molar-refractivity contribution is 7.99. The molecule has 136 valence electrons. The third kappa shape index (κ3) is 4.09. The molecule has 0 amide bonds. The third-order valence-corrected chi connectivity index (χ3v) is 4.98. The second kappa shape index (κ2) is 7.53. The SMILES string of the molecule is O=C(CCC(=O)c1ccccc1C(F)(F)F)c1ccc2c(c1)SCCO2. The number of hydrogen-bond donors (Lipinski definition) is 0. The van der Waals surface area contributed by atoms with Gasteiger partial charge in [0.05, 0.1) is 17.1 Å². The lowest BCUT2D eigenvalue weighted by molar-refractivity contribution is -0.137. The smallest absolute Gasteiger partial charge is 0.417 e. The number of thioether (sulfide) groups is 1.